The Hall–Kier alpha value is -1.05. The molecule has 0 aromatic carbocycles. The molecule has 0 fully saturated rings. The maximum Gasteiger partial charge on any atom is 0.303 e. The molecule has 0 spiro atoms. The van der Waals surface area contributed by atoms with Crippen molar-refractivity contribution in [2.24, 2.45) is 11.8 Å². The van der Waals surface area contributed by atoms with Crippen LogP contribution in [0.3, 0.4) is 0 Å². The monoisotopic (exact) mass is 222 g/mol. The zero-order valence-corrected chi connectivity index (χ0v) is 10.5. The minimum atomic E-state index is -0.704. The molecule has 2 nitrogen and oxygen atoms in total. The van der Waals surface area contributed by atoms with E-state index in [1.165, 1.54) is 11.1 Å². The van der Waals surface area contributed by atoms with Gasteiger partial charge in [-0.3, -0.25) is 4.79 Å². The van der Waals surface area contributed by atoms with Gasteiger partial charge in [-0.1, -0.05) is 44.1 Å². The molecule has 16 heavy (non-hydrogen) atoms. The van der Waals surface area contributed by atoms with Gasteiger partial charge in [-0.05, 0) is 31.1 Å². The van der Waals surface area contributed by atoms with Gasteiger partial charge in [0.05, 0.1) is 0 Å². The molecule has 1 aliphatic carbocycles. The summed E-state index contributed by atoms with van der Waals surface area (Å²) >= 11 is 0. The molecule has 1 unspecified atom stereocenters. The standard InChI is InChI=1S/C14H22O2/c1-10(2)8-12-4-5-13(11(3)9-12)6-7-14(15)16/h4-5,10-11H,6-9H2,1-3H3,(H,15,16). The van der Waals surface area contributed by atoms with Gasteiger partial charge in [0.2, 0.25) is 0 Å². The van der Waals surface area contributed by atoms with E-state index in [1.807, 2.05) is 0 Å². The molecule has 0 aromatic heterocycles. The molecule has 0 saturated carbocycles. The van der Waals surface area contributed by atoms with Crippen LogP contribution in [0.2, 0.25) is 0 Å². The summed E-state index contributed by atoms with van der Waals surface area (Å²) in [6, 6.07) is 0. The van der Waals surface area contributed by atoms with Crippen molar-refractivity contribution in [2.75, 3.05) is 0 Å². The Labute approximate surface area is 98.1 Å². The first-order chi connectivity index (χ1) is 7.49. The first-order valence-corrected chi connectivity index (χ1v) is 6.09. The molecular weight excluding hydrogens is 200 g/mol. The quantitative estimate of drug-likeness (QED) is 0.768. The fourth-order valence-corrected chi connectivity index (χ4v) is 2.24. The summed E-state index contributed by atoms with van der Waals surface area (Å²) in [7, 11) is 0. The molecule has 0 radical (unpaired) electrons. The fraction of sp³-hybridized carbons (Fsp3) is 0.643. The summed E-state index contributed by atoms with van der Waals surface area (Å²) in [4.78, 5) is 10.5. The van der Waals surface area contributed by atoms with E-state index in [2.05, 4.69) is 32.9 Å². The number of carboxylic acid groups (broad SMARTS) is 1. The van der Waals surface area contributed by atoms with Crippen LogP contribution in [0.5, 0.6) is 0 Å². The van der Waals surface area contributed by atoms with Crippen LogP contribution in [0.1, 0.15) is 46.5 Å². The van der Waals surface area contributed by atoms with E-state index in [1.54, 1.807) is 0 Å². The van der Waals surface area contributed by atoms with Gasteiger partial charge < -0.3 is 5.11 Å². The van der Waals surface area contributed by atoms with Crippen LogP contribution in [0.15, 0.2) is 23.3 Å². The Morgan fingerprint density at radius 3 is 2.69 bits per heavy atom. The van der Waals surface area contributed by atoms with Gasteiger partial charge in [-0.2, -0.15) is 0 Å². The average molecular weight is 222 g/mol. The van der Waals surface area contributed by atoms with Crippen LogP contribution in [-0.2, 0) is 4.79 Å². The van der Waals surface area contributed by atoms with Crippen molar-refractivity contribution in [3.05, 3.63) is 23.3 Å². The summed E-state index contributed by atoms with van der Waals surface area (Å²) in [5, 5.41) is 8.66. The molecular formula is C14H22O2. The Bertz CT molecular complexity index is 311. The lowest BCUT2D eigenvalue weighted by Gasteiger charge is -2.22. The molecule has 0 heterocycles. The SMILES string of the molecule is CC(C)CC1=CC=C(CCC(=O)O)C(C)C1. The second-order valence-electron chi connectivity index (χ2n) is 5.16. The van der Waals surface area contributed by atoms with Gasteiger partial charge in [0.25, 0.3) is 0 Å². The largest absolute Gasteiger partial charge is 0.481 e. The topological polar surface area (TPSA) is 37.3 Å². The Balaban J connectivity index is 2.56. The Kier molecular flexibility index (Phi) is 4.78. The van der Waals surface area contributed by atoms with E-state index in [0.29, 0.717) is 18.3 Å². The zero-order valence-electron chi connectivity index (χ0n) is 10.5. The van der Waals surface area contributed by atoms with Gasteiger partial charge in [0, 0.05) is 6.42 Å². The average Bonchev–Trinajstić information content (AvgIpc) is 2.15. The van der Waals surface area contributed by atoms with E-state index in [-0.39, 0.29) is 6.42 Å². The predicted octanol–water partition coefficient (Wildman–Crippen LogP) is 3.79. The predicted molar refractivity (Wildman–Crippen MR) is 66.3 cm³/mol. The normalized spacial score (nSPS) is 20.6. The number of rotatable bonds is 5. The number of hydrogen-bond acceptors (Lipinski definition) is 1. The van der Waals surface area contributed by atoms with E-state index < -0.39 is 5.97 Å². The second-order valence-corrected chi connectivity index (χ2v) is 5.16. The molecule has 0 bridgehead atoms. The Morgan fingerprint density at radius 2 is 2.19 bits per heavy atom. The van der Waals surface area contributed by atoms with Crippen molar-refractivity contribution in [1.29, 1.82) is 0 Å². The maximum atomic E-state index is 10.5. The van der Waals surface area contributed by atoms with Crippen LogP contribution < -0.4 is 0 Å². The van der Waals surface area contributed by atoms with E-state index in [9.17, 15) is 4.79 Å². The van der Waals surface area contributed by atoms with E-state index in [4.69, 9.17) is 5.11 Å². The number of hydrogen-bond donors (Lipinski definition) is 1. The van der Waals surface area contributed by atoms with Crippen molar-refractivity contribution >= 4 is 5.97 Å². The minimum Gasteiger partial charge on any atom is -0.481 e. The van der Waals surface area contributed by atoms with Gasteiger partial charge in [0.1, 0.15) is 0 Å². The third kappa shape index (κ3) is 4.21. The van der Waals surface area contributed by atoms with Crippen molar-refractivity contribution in [3.63, 3.8) is 0 Å². The lowest BCUT2D eigenvalue weighted by Crippen LogP contribution is -2.08. The number of carboxylic acids is 1. The lowest BCUT2D eigenvalue weighted by atomic mass is 9.83. The number of carbonyl (C=O) groups is 1. The minimum absolute atomic E-state index is 0.253. The summed E-state index contributed by atoms with van der Waals surface area (Å²) in [6.07, 6.45) is 7.54. The van der Waals surface area contributed by atoms with Crippen LogP contribution in [0.25, 0.3) is 0 Å². The van der Waals surface area contributed by atoms with Crippen LogP contribution >= 0.6 is 0 Å². The smallest absolute Gasteiger partial charge is 0.303 e. The van der Waals surface area contributed by atoms with Gasteiger partial charge >= 0.3 is 5.97 Å². The zero-order chi connectivity index (χ0) is 12.1. The highest BCUT2D eigenvalue weighted by Gasteiger charge is 2.16. The summed E-state index contributed by atoms with van der Waals surface area (Å²) in [6.45, 7) is 6.66. The first-order valence-electron chi connectivity index (χ1n) is 6.09. The second kappa shape index (κ2) is 5.88. The highest BCUT2D eigenvalue weighted by molar-refractivity contribution is 5.67. The molecule has 1 rings (SSSR count). The fourth-order valence-electron chi connectivity index (χ4n) is 2.24. The third-order valence-electron chi connectivity index (χ3n) is 3.03. The first kappa shape index (κ1) is 13.0. The highest BCUT2D eigenvalue weighted by Crippen LogP contribution is 2.30. The summed E-state index contributed by atoms with van der Waals surface area (Å²) < 4.78 is 0. The van der Waals surface area contributed by atoms with Crippen LogP contribution in [0.4, 0.5) is 0 Å². The molecule has 90 valence electrons. The Morgan fingerprint density at radius 1 is 1.50 bits per heavy atom. The van der Waals surface area contributed by atoms with Crippen molar-refractivity contribution in [2.45, 2.75) is 46.5 Å². The molecule has 0 aromatic rings. The number of allylic oxidation sites excluding steroid dienone is 4. The molecule has 2 heteroatoms. The van der Waals surface area contributed by atoms with Crippen LogP contribution in [-0.4, -0.2) is 11.1 Å². The molecule has 0 aliphatic heterocycles. The van der Waals surface area contributed by atoms with Crippen LogP contribution in [0, 0.1) is 11.8 Å². The van der Waals surface area contributed by atoms with Crippen molar-refractivity contribution in [3.8, 4) is 0 Å². The van der Waals surface area contributed by atoms with Gasteiger partial charge in [0.15, 0.2) is 0 Å². The van der Waals surface area contributed by atoms with Gasteiger partial charge in [-0.15, -0.1) is 0 Å². The molecule has 1 atom stereocenters. The maximum absolute atomic E-state index is 10.5. The van der Waals surface area contributed by atoms with E-state index in [0.717, 1.165) is 12.8 Å². The third-order valence-corrected chi connectivity index (χ3v) is 3.03. The summed E-state index contributed by atoms with van der Waals surface area (Å²) in [5.41, 5.74) is 2.79. The number of aliphatic carboxylic acids is 1. The molecule has 0 saturated heterocycles. The summed E-state index contributed by atoms with van der Waals surface area (Å²) in [5.74, 6) is 0.510. The molecule has 1 N–H and O–H groups in total. The van der Waals surface area contributed by atoms with Crippen molar-refractivity contribution in [1.82, 2.24) is 0 Å². The van der Waals surface area contributed by atoms with E-state index >= 15 is 0 Å². The van der Waals surface area contributed by atoms with Crippen molar-refractivity contribution < 1.29 is 9.90 Å². The van der Waals surface area contributed by atoms with Gasteiger partial charge in [-0.25, -0.2) is 0 Å². The molecule has 0 amide bonds. The lowest BCUT2D eigenvalue weighted by molar-refractivity contribution is -0.136. The highest BCUT2D eigenvalue weighted by atomic mass is 16.4. The molecule has 1 aliphatic rings.